The first-order valence-corrected chi connectivity index (χ1v) is 16.0. The monoisotopic (exact) mass is 667 g/mol. The van der Waals surface area contributed by atoms with Crippen LogP contribution in [0.1, 0.15) is 29.0 Å². The predicted octanol–water partition coefficient (Wildman–Crippen LogP) is 5.13. The smallest absolute Gasteiger partial charge is 0.162 e. The van der Waals surface area contributed by atoms with Crippen LogP contribution in [-0.4, -0.2) is 82.3 Å². The van der Waals surface area contributed by atoms with Gasteiger partial charge in [-0.25, -0.2) is 8.78 Å². The number of nitrogens with one attached hydrogen (secondary N) is 1. The molecule has 4 aromatic rings. The van der Waals surface area contributed by atoms with Crippen LogP contribution in [0.2, 0.25) is 0 Å². The van der Waals surface area contributed by atoms with Crippen molar-refractivity contribution in [3.05, 3.63) is 101 Å². The topological polar surface area (TPSA) is 108 Å². The van der Waals surface area contributed by atoms with Gasteiger partial charge in [0.05, 0.1) is 66.1 Å². The standard InChI is InChI=1S/C37H43F2NO8/c1-43-33-17-32(39)31(38)16-27(33)22-45-12-5-13-46-29-10-8-25(9-11-29)37-35(18-40-19-36(37)48-23-28(42)20-41)47-21-24-14-26-6-3-4-7-30(26)34(15-24)44-2/h3-4,6-11,14-17,28,35-37,40-42H,5,12-13,18-23H2,1-2H3/t28-,35+,36-,37-/m1/s1. The fraction of sp³-hybridized carbons (Fsp3) is 0.405. The van der Waals surface area contributed by atoms with Gasteiger partial charge in [0.25, 0.3) is 0 Å². The summed E-state index contributed by atoms with van der Waals surface area (Å²) < 4.78 is 62.0. The molecular formula is C37H43F2NO8. The van der Waals surface area contributed by atoms with Crippen LogP contribution in [0.4, 0.5) is 8.78 Å². The maximum absolute atomic E-state index is 13.6. The van der Waals surface area contributed by atoms with E-state index in [1.54, 1.807) is 7.11 Å². The minimum absolute atomic E-state index is 0.0000865. The molecule has 0 spiro atoms. The van der Waals surface area contributed by atoms with Crippen LogP contribution in [0.5, 0.6) is 17.2 Å². The van der Waals surface area contributed by atoms with E-state index in [1.165, 1.54) is 7.11 Å². The SMILES string of the molecule is COc1cc(F)c(F)cc1COCCCOc1ccc([C@@H]2[C@@H](OCc3cc(OC)c4ccccc4c3)CNC[C@H]2OC[C@H](O)CO)cc1. The Balaban J connectivity index is 1.20. The van der Waals surface area contributed by atoms with Gasteiger partial charge in [0.15, 0.2) is 11.6 Å². The van der Waals surface area contributed by atoms with E-state index in [2.05, 4.69) is 11.4 Å². The first-order valence-electron chi connectivity index (χ1n) is 16.0. The second-order valence-corrected chi connectivity index (χ2v) is 11.7. The summed E-state index contributed by atoms with van der Waals surface area (Å²) in [5, 5.41) is 24.8. The van der Waals surface area contributed by atoms with E-state index in [4.69, 9.17) is 28.4 Å². The molecule has 258 valence electrons. The van der Waals surface area contributed by atoms with Gasteiger partial charge in [-0.15, -0.1) is 0 Å². The third-order valence-electron chi connectivity index (χ3n) is 8.32. The molecular weight excluding hydrogens is 624 g/mol. The van der Waals surface area contributed by atoms with Gasteiger partial charge in [0.2, 0.25) is 0 Å². The van der Waals surface area contributed by atoms with Crippen LogP contribution in [-0.2, 0) is 27.4 Å². The molecule has 1 saturated heterocycles. The molecule has 5 rings (SSSR count). The summed E-state index contributed by atoms with van der Waals surface area (Å²) in [6.07, 6.45) is -0.950. The Bertz CT molecular complexity index is 1600. The highest BCUT2D eigenvalue weighted by atomic mass is 19.2. The van der Waals surface area contributed by atoms with E-state index >= 15 is 0 Å². The Morgan fingerprint density at radius 2 is 1.56 bits per heavy atom. The molecule has 1 aliphatic rings. The highest BCUT2D eigenvalue weighted by molar-refractivity contribution is 5.89. The lowest BCUT2D eigenvalue weighted by Crippen LogP contribution is -2.51. The van der Waals surface area contributed by atoms with E-state index in [9.17, 15) is 19.0 Å². The van der Waals surface area contributed by atoms with Crippen LogP contribution >= 0.6 is 0 Å². The maximum atomic E-state index is 13.6. The zero-order valence-corrected chi connectivity index (χ0v) is 27.2. The highest BCUT2D eigenvalue weighted by Crippen LogP contribution is 2.33. The van der Waals surface area contributed by atoms with Crippen LogP contribution in [0, 0.1) is 11.6 Å². The highest BCUT2D eigenvalue weighted by Gasteiger charge is 2.36. The largest absolute Gasteiger partial charge is 0.496 e. The summed E-state index contributed by atoms with van der Waals surface area (Å²) in [6, 6.07) is 22.0. The van der Waals surface area contributed by atoms with Crippen molar-refractivity contribution < 1.29 is 47.4 Å². The maximum Gasteiger partial charge on any atom is 0.162 e. The minimum atomic E-state index is -0.976. The zero-order chi connectivity index (χ0) is 33.9. The van der Waals surface area contributed by atoms with Gasteiger partial charge in [-0.05, 0) is 46.8 Å². The molecule has 0 aliphatic carbocycles. The summed E-state index contributed by atoms with van der Waals surface area (Å²) in [5.74, 6) is -0.370. The number of benzene rings is 4. The van der Waals surface area contributed by atoms with Gasteiger partial charge in [-0.3, -0.25) is 0 Å². The number of methoxy groups -OCH3 is 2. The minimum Gasteiger partial charge on any atom is -0.496 e. The predicted molar refractivity (Wildman–Crippen MR) is 177 cm³/mol. The number of piperidine rings is 1. The van der Waals surface area contributed by atoms with E-state index in [-0.39, 0.29) is 43.7 Å². The Labute approximate surface area is 279 Å². The molecule has 0 aromatic heterocycles. The number of halogens is 2. The molecule has 1 fully saturated rings. The second kappa shape index (κ2) is 17.5. The number of rotatable bonds is 17. The lowest BCUT2D eigenvalue weighted by molar-refractivity contribution is -0.0833. The molecule has 48 heavy (non-hydrogen) atoms. The average molecular weight is 668 g/mol. The van der Waals surface area contributed by atoms with Gasteiger partial charge in [-0.2, -0.15) is 0 Å². The molecule has 0 saturated carbocycles. The molecule has 0 bridgehead atoms. The van der Waals surface area contributed by atoms with Gasteiger partial charge in [0, 0.05) is 42.4 Å². The van der Waals surface area contributed by atoms with Crippen molar-refractivity contribution in [3.8, 4) is 17.2 Å². The van der Waals surface area contributed by atoms with Crippen molar-refractivity contribution in [2.24, 2.45) is 0 Å². The summed E-state index contributed by atoms with van der Waals surface area (Å²) in [7, 11) is 3.06. The van der Waals surface area contributed by atoms with E-state index < -0.39 is 17.7 Å². The van der Waals surface area contributed by atoms with Crippen molar-refractivity contribution in [2.45, 2.75) is 43.9 Å². The summed E-state index contributed by atoms with van der Waals surface area (Å²) >= 11 is 0. The van der Waals surface area contributed by atoms with Crippen molar-refractivity contribution in [1.29, 1.82) is 0 Å². The van der Waals surface area contributed by atoms with Crippen LogP contribution in [0.3, 0.4) is 0 Å². The summed E-state index contributed by atoms with van der Waals surface area (Å²) in [5.41, 5.74) is 2.41. The molecule has 0 unspecified atom stereocenters. The van der Waals surface area contributed by atoms with Crippen molar-refractivity contribution in [3.63, 3.8) is 0 Å². The lowest BCUT2D eigenvalue weighted by atomic mass is 9.85. The summed E-state index contributed by atoms with van der Waals surface area (Å²) in [6.45, 7) is 1.98. The molecule has 4 aromatic carbocycles. The zero-order valence-electron chi connectivity index (χ0n) is 27.2. The molecule has 0 radical (unpaired) electrons. The quantitative estimate of drug-likeness (QED) is 0.132. The summed E-state index contributed by atoms with van der Waals surface area (Å²) in [4.78, 5) is 0. The molecule has 4 atom stereocenters. The molecule has 9 nitrogen and oxygen atoms in total. The normalized spacial score (nSPS) is 18.5. The Kier molecular flexibility index (Phi) is 12.9. The molecule has 3 N–H and O–H groups in total. The van der Waals surface area contributed by atoms with Crippen molar-refractivity contribution in [1.82, 2.24) is 5.32 Å². The first-order chi connectivity index (χ1) is 23.4. The third kappa shape index (κ3) is 9.19. The van der Waals surface area contributed by atoms with Crippen molar-refractivity contribution in [2.75, 3.05) is 53.7 Å². The molecule has 11 heteroatoms. The van der Waals surface area contributed by atoms with Gasteiger partial charge < -0.3 is 44.0 Å². The van der Waals surface area contributed by atoms with Gasteiger partial charge in [0.1, 0.15) is 23.4 Å². The van der Waals surface area contributed by atoms with E-state index in [0.29, 0.717) is 50.6 Å². The molecule has 1 heterocycles. The Hall–Kier alpha value is -3.84. The third-order valence-corrected chi connectivity index (χ3v) is 8.32. The van der Waals surface area contributed by atoms with Crippen LogP contribution in [0.25, 0.3) is 10.8 Å². The first kappa shape index (κ1) is 35.5. The Morgan fingerprint density at radius 3 is 2.31 bits per heavy atom. The van der Waals surface area contributed by atoms with E-state index in [0.717, 1.165) is 39.8 Å². The number of ether oxygens (including phenoxy) is 6. The molecule has 1 aliphatic heterocycles. The number of hydrogen-bond acceptors (Lipinski definition) is 9. The van der Waals surface area contributed by atoms with Crippen molar-refractivity contribution >= 4 is 10.8 Å². The Morgan fingerprint density at radius 1 is 0.833 bits per heavy atom. The van der Waals surface area contributed by atoms with E-state index in [1.807, 2.05) is 54.6 Å². The van der Waals surface area contributed by atoms with Gasteiger partial charge >= 0.3 is 0 Å². The fourth-order valence-electron chi connectivity index (χ4n) is 5.89. The van der Waals surface area contributed by atoms with Crippen LogP contribution in [0.15, 0.2) is 72.8 Å². The lowest BCUT2D eigenvalue weighted by Gasteiger charge is -2.39. The van der Waals surface area contributed by atoms with Gasteiger partial charge in [-0.1, -0.05) is 36.4 Å². The average Bonchev–Trinajstić information content (AvgIpc) is 3.12. The number of hydrogen-bond donors (Lipinski definition) is 3. The fourth-order valence-corrected chi connectivity index (χ4v) is 5.89. The number of aliphatic hydroxyl groups excluding tert-OH is 2. The second-order valence-electron chi connectivity index (χ2n) is 11.7. The van der Waals surface area contributed by atoms with Crippen LogP contribution < -0.4 is 19.5 Å². The number of aliphatic hydroxyl groups is 2. The molecule has 0 amide bonds. The number of fused-ring (bicyclic) bond motifs is 1.